The van der Waals surface area contributed by atoms with E-state index in [-0.39, 0.29) is 0 Å². The summed E-state index contributed by atoms with van der Waals surface area (Å²) in [6.45, 7) is 3.22. The highest BCUT2D eigenvalue weighted by Crippen LogP contribution is 2.21. The monoisotopic (exact) mass is 349 g/mol. The third-order valence-electron chi connectivity index (χ3n) is 4.00. The van der Waals surface area contributed by atoms with Gasteiger partial charge >= 0.3 is 0 Å². The van der Waals surface area contributed by atoms with Gasteiger partial charge in [0.05, 0.1) is 13.1 Å². The van der Waals surface area contributed by atoms with Crippen LogP contribution in [0.3, 0.4) is 0 Å². The molecule has 0 unspecified atom stereocenters. The van der Waals surface area contributed by atoms with Gasteiger partial charge in [-0.3, -0.25) is 10.00 Å². The fraction of sp³-hybridized carbons (Fsp3) is 0.211. The van der Waals surface area contributed by atoms with Crippen molar-refractivity contribution in [1.29, 1.82) is 0 Å². The number of aromatic nitrogens is 4. The molecular formula is C19H19N5O2. The van der Waals surface area contributed by atoms with Crippen molar-refractivity contribution in [2.75, 3.05) is 7.05 Å². The topological polar surface area (TPSA) is 84.0 Å². The van der Waals surface area contributed by atoms with Crippen LogP contribution in [0.2, 0.25) is 0 Å². The van der Waals surface area contributed by atoms with Gasteiger partial charge < -0.3 is 8.94 Å². The Balaban J connectivity index is 1.40. The molecule has 0 aliphatic carbocycles. The maximum atomic E-state index is 5.84. The zero-order chi connectivity index (χ0) is 17.9. The number of benzene rings is 1. The Labute approximate surface area is 150 Å². The van der Waals surface area contributed by atoms with E-state index in [0.717, 1.165) is 28.3 Å². The Hall–Kier alpha value is -3.19. The average Bonchev–Trinajstić information content (AvgIpc) is 3.36. The second-order valence-corrected chi connectivity index (χ2v) is 6.29. The van der Waals surface area contributed by atoms with Crippen LogP contribution in [0.5, 0.6) is 0 Å². The Kier molecular flexibility index (Phi) is 4.37. The maximum Gasteiger partial charge on any atom is 0.241 e. The van der Waals surface area contributed by atoms with Crippen LogP contribution in [0.4, 0.5) is 0 Å². The molecular weight excluding hydrogens is 330 g/mol. The first-order valence-corrected chi connectivity index (χ1v) is 8.34. The van der Waals surface area contributed by atoms with Crippen LogP contribution in [-0.4, -0.2) is 32.3 Å². The number of nitrogens with zero attached hydrogens (tertiary/aromatic N) is 4. The van der Waals surface area contributed by atoms with Gasteiger partial charge in [0.1, 0.15) is 11.5 Å². The van der Waals surface area contributed by atoms with E-state index in [0.29, 0.717) is 24.8 Å². The van der Waals surface area contributed by atoms with Crippen molar-refractivity contribution >= 4 is 0 Å². The molecule has 132 valence electrons. The molecule has 3 aromatic heterocycles. The minimum Gasteiger partial charge on any atom is -0.458 e. The van der Waals surface area contributed by atoms with Crippen molar-refractivity contribution in [2.24, 2.45) is 0 Å². The van der Waals surface area contributed by atoms with Gasteiger partial charge in [0.2, 0.25) is 11.7 Å². The van der Waals surface area contributed by atoms with E-state index in [2.05, 4.69) is 25.2 Å². The molecule has 26 heavy (non-hydrogen) atoms. The number of aromatic amines is 1. The highest BCUT2D eigenvalue weighted by molar-refractivity contribution is 5.55. The summed E-state index contributed by atoms with van der Waals surface area (Å²) < 4.78 is 11.2. The molecule has 0 saturated carbocycles. The van der Waals surface area contributed by atoms with Crippen molar-refractivity contribution < 1.29 is 8.94 Å². The predicted octanol–water partition coefficient (Wildman–Crippen LogP) is 3.66. The number of nitrogens with one attached hydrogen (secondary N) is 1. The third kappa shape index (κ3) is 3.57. The van der Waals surface area contributed by atoms with Gasteiger partial charge in [-0.05, 0) is 38.2 Å². The lowest BCUT2D eigenvalue weighted by molar-refractivity contribution is 0.245. The first-order valence-electron chi connectivity index (χ1n) is 8.34. The quantitative estimate of drug-likeness (QED) is 0.572. The number of H-pyrrole nitrogens is 1. The molecule has 0 bridgehead atoms. The number of aryl methyl sites for hydroxylation is 1. The first kappa shape index (κ1) is 16.3. The fourth-order valence-corrected chi connectivity index (χ4v) is 2.77. The summed E-state index contributed by atoms with van der Waals surface area (Å²) in [6.07, 6.45) is 1.70. The number of hydrogen-bond acceptors (Lipinski definition) is 6. The Morgan fingerprint density at radius 3 is 2.85 bits per heavy atom. The normalized spacial score (nSPS) is 11.3. The summed E-state index contributed by atoms with van der Waals surface area (Å²) in [6, 6.07) is 13.8. The molecule has 1 N–H and O–H groups in total. The van der Waals surface area contributed by atoms with E-state index in [1.54, 1.807) is 6.20 Å². The number of hydrogen-bond donors (Lipinski definition) is 1. The van der Waals surface area contributed by atoms with Gasteiger partial charge in [-0.2, -0.15) is 10.1 Å². The van der Waals surface area contributed by atoms with Crippen molar-refractivity contribution in [1.82, 2.24) is 25.2 Å². The van der Waals surface area contributed by atoms with E-state index < -0.39 is 0 Å². The van der Waals surface area contributed by atoms with Crippen molar-refractivity contribution in [2.45, 2.75) is 20.0 Å². The van der Waals surface area contributed by atoms with Crippen LogP contribution in [0, 0.1) is 6.92 Å². The minimum absolute atomic E-state index is 0.541. The molecule has 0 spiro atoms. The number of rotatable bonds is 6. The zero-order valence-electron chi connectivity index (χ0n) is 14.6. The summed E-state index contributed by atoms with van der Waals surface area (Å²) in [5.41, 5.74) is 2.98. The van der Waals surface area contributed by atoms with E-state index in [9.17, 15) is 0 Å². The van der Waals surface area contributed by atoms with Crippen LogP contribution in [0.15, 0.2) is 57.6 Å². The summed E-state index contributed by atoms with van der Waals surface area (Å²) in [5, 5.41) is 10.9. The Morgan fingerprint density at radius 1 is 1.12 bits per heavy atom. The van der Waals surface area contributed by atoms with Crippen LogP contribution < -0.4 is 0 Å². The SMILES string of the molecule is Cc1cccc(-c2noc(CN(C)Cc3ccc(-c4ccn[nH]4)o3)n2)c1. The number of furan rings is 1. The third-order valence-corrected chi connectivity index (χ3v) is 4.00. The summed E-state index contributed by atoms with van der Waals surface area (Å²) in [7, 11) is 1.98. The van der Waals surface area contributed by atoms with E-state index in [4.69, 9.17) is 8.94 Å². The van der Waals surface area contributed by atoms with Gasteiger partial charge in [-0.15, -0.1) is 0 Å². The van der Waals surface area contributed by atoms with Crippen LogP contribution in [-0.2, 0) is 13.1 Å². The second-order valence-electron chi connectivity index (χ2n) is 6.29. The van der Waals surface area contributed by atoms with Gasteiger partial charge in [0, 0.05) is 11.8 Å². The standard InChI is InChI=1S/C19H19N5O2/c1-13-4-3-5-14(10-13)19-21-18(26-23-19)12-24(2)11-15-6-7-17(25-15)16-8-9-20-22-16/h3-10H,11-12H2,1-2H3,(H,20,22). The maximum absolute atomic E-state index is 5.84. The van der Waals surface area contributed by atoms with Crippen molar-refractivity contribution in [3.63, 3.8) is 0 Å². The summed E-state index contributed by atoms with van der Waals surface area (Å²) in [5.74, 6) is 2.81. The molecule has 0 fully saturated rings. The van der Waals surface area contributed by atoms with E-state index in [1.165, 1.54) is 0 Å². The fourth-order valence-electron chi connectivity index (χ4n) is 2.77. The van der Waals surface area contributed by atoms with Gasteiger partial charge in [0.25, 0.3) is 0 Å². The Bertz CT molecular complexity index is 987. The predicted molar refractivity (Wildman–Crippen MR) is 95.9 cm³/mol. The first-order chi connectivity index (χ1) is 12.7. The van der Waals surface area contributed by atoms with Crippen LogP contribution in [0.1, 0.15) is 17.2 Å². The molecule has 0 atom stereocenters. The molecule has 7 nitrogen and oxygen atoms in total. The molecule has 0 aliphatic rings. The summed E-state index contributed by atoms with van der Waals surface area (Å²) in [4.78, 5) is 6.54. The van der Waals surface area contributed by atoms with Crippen LogP contribution in [0.25, 0.3) is 22.8 Å². The highest BCUT2D eigenvalue weighted by atomic mass is 16.5. The molecule has 4 rings (SSSR count). The zero-order valence-corrected chi connectivity index (χ0v) is 14.6. The van der Waals surface area contributed by atoms with E-state index in [1.807, 2.05) is 56.4 Å². The Morgan fingerprint density at radius 2 is 2.04 bits per heavy atom. The molecule has 1 aromatic carbocycles. The van der Waals surface area contributed by atoms with Gasteiger partial charge in [-0.1, -0.05) is 28.9 Å². The second kappa shape index (κ2) is 6.97. The lowest BCUT2D eigenvalue weighted by Gasteiger charge is -2.11. The molecule has 0 aliphatic heterocycles. The molecule has 0 radical (unpaired) electrons. The molecule has 3 heterocycles. The van der Waals surface area contributed by atoms with Gasteiger partial charge in [0.15, 0.2) is 5.76 Å². The van der Waals surface area contributed by atoms with Crippen molar-refractivity contribution in [3.8, 4) is 22.8 Å². The van der Waals surface area contributed by atoms with Crippen LogP contribution >= 0.6 is 0 Å². The molecule has 0 saturated heterocycles. The highest BCUT2D eigenvalue weighted by Gasteiger charge is 2.13. The molecule has 7 heteroatoms. The smallest absolute Gasteiger partial charge is 0.241 e. The summed E-state index contributed by atoms with van der Waals surface area (Å²) >= 11 is 0. The van der Waals surface area contributed by atoms with Gasteiger partial charge in [-0.25, -0.2) is 0 Å². The molecule has 4 aromatic rings. The van der Waals surface area contributed by atoms with E-state index >= 15 is 0 Å². The minimum atomic E-state index is 0.541. The largest absolute Gasteiger partial charge is 0.458 e. The van der Waals surface area contributed by atoms with Crippen molar-refractivity contribution in [3.05, 3.63) is 65.9 Å². The lowest BCUT2D eigenvalue weighted by Crippen LogP contribution is -2.17. The average molecular weight is 349 g/mol. The molecule has 0 amide bonds. The lowest BCUT2D eigenvalue weighted by atomic mass is 10.1.